The van der Waals surface area contributed by atoms with Gasteiger partial charge in [0.1, 0.15) is 0 Å². The first-order chi connectivity index (χ1) is 6.56. The van der Waals surface area contributed by atoms with Crippen LogP contribution in [0.15, 0.2) is 18.2 Å². The molecule has 2 N–H and O–H groups in total. The van der Waals surface area contributed by atoms with E-state index in [1.165, 1.54) is 19.2 Å². The fourth-order valence-corrected chi connectivity index (χ4v) is 1.12. The summed E-state index contributed by atoms with van der Waals surface area (Å²) in [5.74, 6) is -1.30. The summed E-state index contributed by atoms with van der Waals surface area (Å²) >= 11 is 0. The Hall–Kier alpha value is -1.58. The smallest absolute Gasteiger partial charge is 0.224 e. The van der Waals surface area contributed by atoms with Crippen molar-refractivity contribution >= 4 is 5.91 Å². The summed E-state index contributed by atoms with van der Waals surface area (Å²) in [6.07, 6.45) is 0. The second-order valence-electron chi connectivity index (χ2n) is 3.02. The van der Waals surface area contributed by atoms with Gasteiger partial charge < -0.3 is 10.5 Å². The predicted molar refractivity (Wildman–Crippen MR) is 50.6 cm³/mol. The molecule has 1 aromatic carbocycles. The van der Waals surface area contributed by atoms with Gasteiger partial charge in [-0.1, -0.05) is 6.07 Å². The van der Waals surface area contributed by atoms with E-state index in [0.29, 0.717) is 5.56 Å². The highest BCUT2D eigenvalue weighted by Crippen LogP contribution is 2.22. The summed E-state index contributed by atoms with van der Waals surface area (Å²) in [5.41, 5.74) is 5.65. The summed E-state index contributed by atoms with van der Waals surface area (Å²) in [5, 5.41) is 0. The Morgan fingerprint density at radius 2 is 2.21 bits per heavy atom. The number of carbonyl (C=O) groups is 1. The number of nitrogens with two attached hydrogens (primary N) is 1. The second kappa shape index (κ2) is 4.09. The van der Waals surface area contributed by atoms with E-state index in [-0.39, 0.29) is 5.75 Å². The van der Waals surface area contributed by atoms with Gasteiger partial charge in [0.25, 0.3) is 0 Å². The average Bonchev–Trinajstić information content (AvgIpc) is 2.16. The molecule has 1 unspecified atom stereocenters. The van der Waals surface area contributed by atoms with Crippen LogP contribution < -0.4 is 10.5 Å². The molecule has 0 radical (unpaired) electrons. The van der Waals surface area contributed by atoms with Crippen molar-refractivity contribution in [1.29, 1.82) is 0 Å². The molecule has 0 heterocycles. The van der Waals surface area contributed by atoms with Crippen LogP contribution in [0.4, 0.5) is 4.39 Å². The maximum atomic E-state index is 13.2. The van der Waals surface area contributed by atoms with E-state index in [0.717, 1.165) is 0 Å². The molecule has 4 heteroatoms. The third kappa shape index (κ3) is 2.02. The van der Waals surface area contributed by atoms with Crippen molar-refractivity contribution in [3.8, 4) is 5.75 Å². The van der Waals surface area contributed by atoms with Gasteiger partial charge >= 0.3 is 0 Å². The SMILES string of the molecule is COc1ccc(C(C)C(N)=O)cc1F. The quantitative estimate of drug-likeness (QED) is 0.796. The van der Waals surface area contributed by atoms with Crippen LogP contribution in [0.2, 0.25) is 0 Å². The lowest BCUT2D eigenvalue weighted by molar-refractivity contribution is -0.119. The molecule has 1 rings (SSSR count). The standard InChI is InChI=1S/C10H12FNO2/c1-6(10(12)13)7-3-4-9(14-2)8(11)5-7/h3-6H,1-2H3,(H2,12,13). The third-order valence-electron chi connectivity index (χ3n) is 2.10. The van der Waals surface area contributed by atoms with Crippen LogP contribution in [0.3, 0.4) is 0 Å². The van der Waals surface area contributed by atoms with Crippen molar-refractivity contribution in [2.45, 2.75) is 12.8 Å². The summed E-state index contributed by atoms with van der Waals surface area (Å²) in [6, 6.07) is 4.36. The molecule has 76 valence electrons. The molecule has 0 spiro atoms. The first kappa shape index (κ1) is 10.5. The van der Waals surface area contributed by atoms with Gasteiger partial charge in [-0.2, -0.15) is 0 Å². The number of hydrogen-bond acceptors (Lipinski definition) is 2. The number of rotatable bonds is 3. The van der Waals surface area contributed by atoms with Crippen LogP contribution in [0.25, 0.3) is 0 Å². The normalized spacial score (nSPS) is 12.2. The Balaban J connectivity index is 3.02. The van der Waals surface area contributed by atoms with Gasteiger partial charge in [-0.3, -0.25) is 4.79 Å². The minimum absolute atomic E-state index is 0.158. The number of halogens is 1. The zero-order chi connectivity index (χ0) is 10.7. The van der Waals surface area contributed by atoms with Crippen molar-refractivity contribution in [3.63, 3.8) is 0 Å². The van der Waals surface area contributed by atoms with Gasteiger partial charge in [0.05, 0.1) is 13.0 Å². The molecular formula is C10H12FNO2. The molecule has 0 bridgehead atoms. The average molecular weight is 197 g/mol. The Labute approximate surface area is 81.7 Å². The Morgan fingerprint density at radius 1 is 1.57 bits per heavy atom. The highest BCUT2D eigenvalue weighted by molar-refractivity contribution is 5.81. The van der Waals surface area contributed by atoms with Crippen molar-refractivity contribution in [3.05, 3.63) is 29.6 Å². The van der Waals surface area contributed by atoms with Crippen LogP contribution in [-0.4, -0.2) is 13.0 Å². The topological polar surface area (TPSA) is 52.3 Å². The lowest BCUT2D eigenvalue weighted by Crippen LogP contribution is -2.18. The lowest BCUT2D eigenvalue weighted by atomic mass is 10.0. The van der Waals surface area contributed by atoms with Crippen LogP contribution in [0.1, 0.15) is 18.4 Å². The first-order valence-corrected chi connectivity index (χ1v) is 4.19. The summed E-state index contributed by atoms with van der Waals surface area (Å²) in [7, 11) is 1.38. The van der Waals surface area contributed by atoms with Gasteiger partial charge in [-0.25, -0.2) is 4.39 Å². The maximum Gasteiger partial charge on any atom is 0.224 e. The summed E-state index contributed by atoms with van der Waals surface area (Å²) in [6.45, 7) is 1.63. The second-order valence-corrected chi connectivity index (χ2v) is 3.02. The molecule has 3 nitrogen and oxygen atoms in total. The highest BCUT2D eigenvalue weighted by Gasteiger charge is 2.13. The van der Waals surface area contributed by atoms with Gasteiger partial charge in [-0.15, -0.1) is 0 Å². The minimum atomic E-state index is -0.490. The number of carbonyl (C=O) groups excluding carboxylic acids is 1. The maximum absolute atomic E-state index is 13.2. The van der Waals surface area contributed by atoms with Gasteiger partial charge in [0.15, 0.2) is 11.6 Å². The summed E-state index contributed by atoms with van der Waals surface area (Å²) < 4.78 is 17.9. The molecule has 0 aliphatic rings. The number of benzene rings is 1. The Bertz CT molecular complexity index is 352. The Kier molecular flexibility index (Phi) is 3.06. The molecule has 0 aliphatic heterocycles. The van der Waals surface area contributed by atoms with E-state index in [9.17, 15) is 9.18 Å². The number of ether oxygens (including phenoxy) is 1. The molecule has 0 aliphatic carbocycles. The number of hydrogen-bond donors (Lipinski definition) is 1. The van der Waals surface area contributed by atoms with Crippen LogP contribution >= 0.6 is 0 Å². The number of methoxy groups -OCH3 is 1. The molecule has 0 fully saturated rings. The van der Waals surface area contributed by atoms with E-state index < -0.39 is 17.6 Å². The van der Waals surface area contributed by atoms with Crippen molar-refractivity contribution < 1.29 is 13.9 Å². The first-order valence-electron chi connectivity index (χ1n) is 4.19. The van der Waals surface area contributed by atoms with Crippen molar-refractivity contribution in [1.82, 2.24) is 0 Å². The van der Waals surface area contributed by atoms with Crippen molar-refractivity contribution in [2.24, 2.45) is 5.73 Å². The predicted octanol–water partition coefficient (Wildman–Crippen LogP) is 1.42. The van der Waals surface area contributed by atoms with Crippen LogP contribution in [-0.2, 0) is 4.79 Å². The van der Waals surface area contributed by atoms with E-state index in [1.54, 1.807) is 13.0 Å². The fourth-order valence-electron chi connectivity index (χ4n) is 1.12. The van der Waals surface area contributed by atoms with E-state index >= 15 is 0 Å². The summed E-state index contributed by atoms with van der Waals surface area (Å²) in [4.78, 5) is 10.8. The highest BCUT2D eigenvalue weighted by atomic mass is 19.1. The van der Waals surface area contributed by atoms with Crippen LogP contribution in [0, 0.1) is 5.82 Å². The Morgan fingerprint density at radius 3 is 2.64 bits per heavy atom. The largest absolute Gasteiger partial charge is 0.494 e. The van der Waals surface area contributed by atoms with E-state index in [2.05, 4.69) is 0 Å². The molecule has 0 aromatic heterocycles. The fraction of sp³-hybridized carbons (Fsp3) is 0.300. The zero-order valence-electron chi connectivity index (χ0n) is 8.08. The molecule has 1 atom stereocenters. The minimum Gasteiger partial charge on any atom is -0.494 e. The lowest BCUT2D eigenvalue weighted by Gasteiger charge is -2.09. The van der Waals surface area contributed by atoms with Gasteiger partial charge in [0.2, 0.25) is 5.91 Å². The molecule has 0 saturated heterocycles. The monoisotopic (exact) mass is 197 g/mol. The number of primary amides is 1. The van der Waals surface area contributed by atoms with E-state index in [4.69, 9.17) is 10.5 Å². The van der Waals surface area contributed by atoms with Crippen LogP contribution in [0.5, 0.6) is 5.75 Å². The third-order valence-corrected chi connectivity index (χ3v) is 2.10. The molecule has 14 heavy (non-hydrogen) atoms. The van der Waals surface area contributed by atoms with Gasteiger partial charge in [-0.05, 0) is 24.6 Å². The molecular weight excluding hydrogens is 185 g/mol. The van der Waals surface area contributed by atoms with E-state index in [1.807, 2.05) is 0 Å². The molecule has 0 saturated carbocycles. The number of amides is 1. The molecule has 1 aromatic rings. The van der Waals surface area contributed by atoms with Gasteiger partial charge in [0, 0.05) is 0 Å². The van der Waals surface area contributed by atoms with Crippen molar-refractivity contribution in [2.75, 3.05) is 7.11 Å². The molecule has 1 amide bonds. The zero-order valence-corrected chi connectivity index (χ0v) is 8.08.